The predicted molar refractivity (Wildman–Crippen MR) is 127 cm³/mol. The fourth-order valence-electron chi connectivity index (χ4n) is 5.22. The number of quaternary nitrogens is 1. The maximum Gasteiger partial charge on any atom is 0.310 e. The molecule has 1 aliphatic heterocycles. The van der Waals surface area contributed by atoms with Crippen LogP contribution >= 0.6 is 0 Å². The van der Waals surface area contributed by atoms with Crippen LogP contribution in [0.15, 0.2) is 60.2 Å². The lowest BCUT2D eigenvalue weighted by atomic mass is 9.87. The van der Waals surface area contributed by atoms with Crippen LogP contribution in [0.5, 0.6) is 0 Å². The molecule has 2 aromatic carbocycles. The minimum absolute atomic E-state index is 0.0371. The molecule has 0 saturated heterocycles. The van der Waals surface area contributed by atoms with Crippen LogP contribution in [0.2, 0.25) is 0 Å². The molecule has 3 heteroatoms. The molecule has 164 valence electrons. The number of benzene rings is 2. The molecule has 0 bridgehead atoms. The van der Waals surface area contributed by atoms with Gasteiger partial charge in [-0.25, -0.2) is 0 Å². The van der Waals surface area contributed by atoms with Crippen LogP contribution in [0.3, 0.4) is 0 Å². The summed E-state index contributed by atoms with van der Waals surface area (Å²) < 4.78 is 6.54. The normalized spacial score (nSPS) is 22.2. The van der Waals surface area contributed by atoms with Crippen LogP contribution in [0.1, 0.15) is 74.5 Å². The molecule has 4 rings (SSSR count). The van der Waals surface area contributed by atoms with E-state index in [2.05, 4.69) is 68.6 Å². The van der Waals surface area contributed by atoms with Crippen LogP contribution in [0, 0.1) is 0 Å². The molecule has 0 amide bonds. The maximum absolute atomic E-state index is 12.3. The first-order valence-electron chi connectivity index (χ1n) is 12.0. The Morgan fingerprint density at radius 2 is 1.74 bits per heavy atom. The average Bonchev–Trinajstić information content (AvgIpc) is 3.11. The zero-order valence-electron chi connectivity index (χ0n) is 19.1. The van der Waals surface area contributed by atoms with Gasteiger partial charge in [0.05, 0.1) is 13.6 Å². The van der Waals surface area contributed by atoms with E-state index in [1.165, 1.54) is 47.1 Å². The topological polar surface area (TPSA) is 26.3 Å². The van der Waals surface area contributed by atoms with E-state index >= 15 is 0 Å². The summed E-state index contributed by atoms with van der Waals surface area (Å²) in [6.45, 7) is 4.64. The second kappa shape index (κ2) is 9.82. The Morgan fingerprint density at radius 3 is 2.55 bits per heavy atom. The summed E-state index contributed by atoms with van der Waals surface area (Å²) in [5, 5.41) is 0. The molecule has 0 spiro atoms. The summed E-state index contributed by atoms with van der Waals surface area (Å²) in [7, 11) is 2.24. The van der Waals surface area contributed by atoms with Gasteiger partial charge in [0.1, 0.15) is 6.54 Å². The molecule has 1 aliphatic carbocycles. The van der Waals surface area contributed by atoms with Gasteiger partial charge in [-0.05, 0) is 34.3 Å². The Balaban J connectivity index is 1.44. The molecule has 0 fully saturated rings. The monoisotopic (exact) mass is 418 g/mol. The quantitative estimate of drug-likeness (QED) is 0.271. The van der Waals surface area contributed by atoms with Gasteiger partial charge in [0.2, 0.25) is 6.73 Å². The number of hydrogen-bond donors (Lipinski definition) is 0. The average molecular weight is 419 g/mol. The predicted octanol–water partition coefficient (Wildman–Crippen LogP) is 6.30. The molecule has 2 unspecified atom stereocenters. The highest BCUT2D eigenvalue weighted by Gasteiger charge is 2.41. The maximum atomic E-state index is 12.3. The molecular formula is C28H36NO2+. The van der Waals surface area contributed by atoms with Gasteiger partial charge in [0, 0.05) is 18.8 Å². The Morgan fingerprint density at radius 1 is 1.00 bits per heavy atom. The summed E-state index contributed by atoms with van der Waals surface area (Å²) in [5.74, 6) is 0.282. The van der Waals surface area contributed by atoms with Crippen molar-refractivity contribution >= 4 is 11.5 Å². The SMILES string of the molecule is CCCCCCCC(=O)OC[N+]1(C)CCC2=C(C1)C(c1ccccc1)c1ccccc12. The first-order valence-corrected chi connectivity index (χ1v) is 12.0. The Hall–Kier alpha value is -2.39. The summed E-state index contributed by atoms with van der Waals surface area (Å²) in [5.41, 5.74) is 7.23. The third-order valence-corrected chi connectivity index (χ3v) is 6.94. The van der Waals surface area contributed by atoms with Crippen LogP contribution in [0.25, 0.3) is 5.57 Å². The number of hydrogen-bond acceptors (Lipinski definition) is 2. The number of carbonyl (C=O) groups excluding carboxylic acids is 1. The van der Waals surface area contributed by atoms with Crippen molar-refractivity contribution in [1.82, 2.24) is 0 Å². The van der Waals surface area contributed by atoms with Crippen LogP contribution in [-0.2, 0) is 9.53 Å². The number of ether oxygens (including phenoxy) is 1. The van der Waals surface area contributed by atoms with E-state index in [0.29, 0.717) is 19.1 Å². The largest absolute Gasteiger partial charge is 0.415 e. The Bertz CT molecular complexity index is 933. The molecule has 3 nitrogen and oxygen atoms in total. The highest BCUT2D eigenvalue weighted by molar-refractivity contribution is 5.80. The first kappa shape index (κ1) is 21.8. The van der Waals surface area contributed by atoms with Crippen LogP contribution in [-0.4, -0.2) is 37.3 Å². The third-order valence-electron chi connectivity index (χ3n) is 6.94. The number of carbonyl (C=O) groups is 1. The molecule has 1 heterocycles. The van der Waals surface area contributed by atoms with Crippen molar-refractivity contribution in [2.75, 3.05) is 26.9 Å². The zero-order chi connectivity index (χ0) is 21.7. The number of unbranched alkanes of at least 4 members (excludes halogenated alkanes) is 4. The fourth-order valence-corrected chi connectivity index (χ4v) is 5.22. The molecule has 0 radical (unpaired) electrons. The zero-order valence-corrected chi connectivity index (χ0v) is 19.1. The molecule has 0 aromatic heterocycles. The summed E-state index contributed by atoms with van der Waals surface area (Å²) in [4.78, 5) is 12.3. The second-order valence-electron chi connectivity index (χ2n) is 9.50. The van der Waals surface area contributed by atoms with Crippen molar-refractivity contribution < 1.29 is 14.0 Å². The molecule has 0 N–H and O–H groups in total. The molecule has 2 aromatic rings. The number of esters is 1. The highest BCUT2D eigenvalue weighted by atomic mass is 16.5. The third kappa shape index (κ3) is 4.93. The fraction of sp³-hybridized carbons (Fsp3) is 0.464. The molecule has 31 heavy (non-hydrogen) atoms. The lowest BCUT2D eigenvalue weighted by molar-refractivity contribution is -0.922. The Labute approximate surface area is 187 Å². The molecule has 2 aliphatic rings. The minimum atomic E-state index is -0.0371. The van der Waals surface area contributed by atoms with Gasteiger partial charge >= 0.3 is 5.97 Å². The van der Waals surface area contributed by atoms with Gasteiger partial charge in [-0.1, -0.05) is 87.2 Å². The lowest BCUT2D eigenvalue weighted by Crippen LogP contribution is -2.50. The molecule has 2 atom stereocenters. The van der Waals surface area contributed by atoms with Crippen molar-refractivity contribution in [2.24, 2.45) is 0 Å². The molecular weight excluding hydrogens is 382 g/mol. The molecule has 0 saturated carbocycles. The van der Waals surface area contributed by atoms with Crippen molar-refractivity contribution in [2.45, 2.75) is 57.8 Å². The lowest BCUT2D eigenvalue weighted by Gasteiger charge is -2.38. The van der Waals surface area contributed by atoms with E-state index in [9.17, 15) is 4.79 Å². The van der Waals surface area contributed by atoms with Crippen molar-refractivity contribution in [3.63, 3.8) is 0 Å². The summed E-state index contributed by atoms with van der Waals surface area (Å²) in [6, 6.07) is 19.7. The van der Waals surface area contributed by atoms with E-state index < -0.39 is 0 Å². The van der Waals surface area contributed by atoms with E-state index in [1.54, 1.807) is 0 Å². The second-order valence-corrected chi connectivity index (χ2v) is 9.50. The van der Waals surface area contributed by atoms with Crippen LogP contribution in [0.4, 0.5) is 0 Å². The van der Waals surface area contributed by atoms with Crippen molar-refractivity contribution in [1.29, 1.82) is 0 Å². The van der Waals surface area contributed by atoms with Gasteiger partial charge in [0.15, 0.2) is 0 Å². The highest BCUT2D eigenvalue weighted by Crippen LogP contribution is 2.49. The van der Waals surface area contributed by atoms with Crippen molar-refractivity contribution in [3.8, 4) is 0 Å². The van der Waals surface area contributed by atoms with Gasteiger partial charge in [0.25, 0.3) is 0 Å². The van der Waals surface area contributed by atoms with E-state index in [0.717, 1.165) is 36.8 Å². The summed E-state index contributed by atoms with van der Waals surface area (Å²) >= 11 is 0. The van der Waals surface area contributed by atoms with E-state index in [4.69, 9.17) is 4.74 Å². The number of nitrogens with zero attached hydrogens (tertiary/aromatic N) is 1. The number of likely N-dealkylation sites (N-methyl/N-ethyl adjacent to an activating group) is 1. The minimum Gasteiger partial charge on any atom is -0.415 e. The number of rotatable bonds is 9. The van der Waals surface area contributed by atoms with E-state index in [-0.39, 0.29) is 5.97 Å². The van der Waals surface area contributed by atoms with Gasteiger partial charge < -0.3 is 4.74 Å². The first-order chi connectivity index (χ1) is 15.1. The standard InChI is InChI=1S/C28H36NO2/c1-3-4-5-6-10-17-27(30)31-21-29(2)19-18-24-23-15-11-12-16-25(23)28(26(24)20-29)22-13-8-7-9-14-22/h7-9,11-16,28H,3-6,10,17-21H2,1-2H3/q+1. The smallest absolute Gasteiger partial charge is 0.310 e. The van der Waals surface area contributed by atoms with Gasteiger partial charge in [-0.3, -0.25) is 9.28 Å². The van der Waals surface area contributed by atoms with Crippen LogP contribution < -0.4 is 0 Å². The van der Waals surface area contributed by atoms with Gasteiger partial charge in [-0.15, -0.1) is 0 Å². The van der Waals surface area contributed by atoms with E-state index in [1.807, 2.05) is 0 Å². The van der Waals surface area contributed by atoms with Crippen molar-refractivity contribution in [3.05, 3.63) is 76.9 Å². The Kier molecular flexibility index (Phi) is 6.92. The summed E-state index contributed by atoms with van der Waals surface area (Å²) in [6.07, 6.45) is 7.37. The number of fused-ring (bicyclic) bond motifs is 2. The van der Waals surface area contributed by atoms with Gasteiger partial charge in [-0.2, -0.15) is 0 Å².